The van der Waals surface area contributed by atoms with Crippen molar-refractivity contribution < 1.29 is 0 Å². The third-order valence-corrected chi connectivity index (χ3v) is 20.0. The van der Waals surface area contributed by atoms with Gasteiger partial charge in [0.2, 0.25) is 0 Å². The zero-order chi connectivity index (χ0) is 47.1. The quantitative estimate of drug-likeness (QED) is 0.0425. The van der Waals surface area contributed by atoms with Crippen LogP contribution in [0, 0.1) is 0 Å². The number of hydrogen-bond donors (Lipinski definition) is 0. The molecule has 3 aromatic carbocycles. The first-order chi connectivity index (χ1) is 33.0. The molecule has 4 nitrogen and oxygen atoms in total. The molecule has 0 fully saturated rings. The van der Waals surface area contributed by atoms with Gasteiger partial charge in [0.05, 0.1) is 17.1 Å². The van der Waals surface area contributed by atoms with Gasteiger partial charge >= 0.3 is 0 Å². The molecule has 67 heavy (non-hydrogen) atoms. The van der Waals surface area contributed by atoms with E-state index in [1.807, 2.05) is 70.6 Å². The maximum atomic E-state index is 5.75. The normalized spacial score (nSPS) is 13.5. The molecule has 0 saturated carbocycles. The third-order valence-electron chi connectivity index (χ3n) is 12.8. The van der Waals surface area contributed by atoms with Crippen molar-refractivity contribution in [1.29, 1.82) is 0 Å². The lowest BCUT2D eigenvalue weighted by molar-refractivity contribution is 0.706. The molecule has 0 aliphatic carbocycles. The van der Waals surface area contributed by atoms with Gasteiger partial charge in [-0.3, -0.25) is 4.90 Å². The maximum absolute atomic E-state index is 5.75. The first-order valence-electron chi connectivity index (χ1n) is 26.9. The minimum absolute atomic E-state index is 0.992. The van der Waals surface area contributed by atoms with Crippen molar-refractivity contribution >= 4 is 105 Å². The van der Waals surface area contributed by atoms with Crippen molar-refractivity contribution in [2.75, 3.05) is 34.5 Å². The van der Waals surface area contributed by atoms with Gasteiger partial charge in [-0.2, -0.15) is 0 Å². The molecule has 3 aromatic rings. The van der Waals surface area contributed by atoms with Gasteiger partial charge in [-0.05, 0) is 109 Å². The van der Waals surface area contributed by atoms with E-state index < -0.39 is 0 Å². The molecule has 368 valence electrons. The first kappa shape index (κ1) is 54.9. The van der Waals surface area contributed by atoms with Gasteiger partial charge in [0.25, 0.3) is 0 Å². The zero-order valence-electron chi connectivity index (χ0n) is 42.4. The SMILES string of the molecule is CCCCCCSc1cc2c(cc1SCCCCCC)C1=Nc3cc(SCCCCCC)c(SCCCCCC)cc3C3=Nc4cc(SCCCCCC)c(SCCCCCC)cc4C(=N2)N13. The van der Waals surface area contributed by atoms with Gasteiger partial charge < -0.3 is 0 Å². The molecule has 0 atom stereocenters. The van der Waals surface area contributed by atoms with Gasteiger partial charge in [0.15, 0.2) is 0 Å². The lowest BCUT2D eigenvalue weighted by atomic mass is 9.98. The number of nitrogens with zero attached hydrogens (tertiary/aromatic N) is 4. The fraction of sp³-hybridized carbons (Fsp3) is 0.632. The smallest absolute Gasteiger partial charge is 0.150 e. The molecule has 0 spiro atoms. The van der Waals surface area contributed by atoms with Crippen LogP contribution in [-0.4, -0.2) is 56.9 Å². The van der Waals surface area contributed by atoms with Crippen molar-refractivity contribution in [2.24, 2.45) is 15.0 Å². The van der Waals surface area contributed by atoms with Crippen LogP contribution >= 0.6 is 70.6 Å². The Labute approximate surface area is 434 Å². The van der Waals surface area contributed by atoms with Crippen LogP contribution in [0.2, 0.25) is 0 Å². The van der Waals surface area contributed by atoms with Gasteiger partial charge in [-0.15, -0.1) is 70.6 Å². The molecule has 0 saturated heterocycles. The average molecular weight is 1020 g/mol. The lowest BCUT2D eigenvalue weighted by Crippen LogP contribution is -2.48. The van der Waals surface area contributed by atoms with Crippen LogP contribution < -0.4 is 0 Å². The highest BCUT2D eigenvalue weighted by atomic mass is 32.2. The van der Waals surface area contributed by atoms with E-state index in [-0.39, 0.29) is 0 Å². The Morgan fingerprint density at radius 1 is 0.284 bits per heavy atom. The van der Waals surface area contributed by atoms with E-state index in [0.29, 0.717) is 0 Å². The molecule has 3 aliphatic heterocycles. The number of fused-ring (bicyclic) bond motifs is 6. The van der Waals surface area contributed by atoms with E-state index in [0.717, 1.165) is 85.8 Å². The van der Waals surface area contributed by atoms with E-state index in [1.165, 1.54) is 183 Å². The highest BCUT2D eigenvalue weighted by Gasteiger charge is 2.40. The molecule has 3 heterocycles. The Morgan fingerprint density at radius 2 is 0.493 bits per heavy atom. The molecule has 0 unspecified atom stereocenters. The minimum Gasteiger partial charge on any atom is -0.261 e. The van der Waals surface area contributed by atoms with E-state index >= 15 is 0 Å². The summed E-state index contributed by atoms with van der Waals surface area (Å²) in [6.07, 6.45) is 30.8. The zero-order valence-corrected chi connectivity index (χ0v) is 47.3. The molecule has 0 bridgehead atoms. The second-order valence-electron chi connectivity index (χ2n) is 18.5. The summed E-state index contributed by atoms with van der Waals surface area (Å²) in [6, 6.07) is 14.7. The predicted octanol–water partition coefficient (Wildman–Crippen LogP) is 20.6. The van der Waals surface area contributed by atoms with Crippen molar-refractivity contribution in [3.63, 3.8) is 0 Å². The van der Waals surface area contributed by atoms with Crippen LogP contribution in [0.4, 0.5) is 17.1 Å². The highest BCUT2D eigenvalue weighted by Crippen LogP contribution is 2.49. The van der Waals surface area contributed by atoms with Crippen LogP contribution in [0.3, 0.4) is 0 Å². The Morgan fingerprint density at radius 3 is 0.701 bits per heavy atom. The van der Waals surface area contributed by atoms with Gasteiger partial charge in [0.1, 0.15) is 17.5 Å². The molecule has 0 amide bonds. The number of amidine groups is 3. The topological polar surface area (TPSA) is 40.3 Å². The number of aliphatic imine (C=N–C) groups is 3. The summed E-state index contributed by atoms with van der Waals surface area (Å²) in [5.41, 5.74) is 6.60. The van der Waals surface area contributed by atoms with E-state index in [9.17, 15) is 0 Å². The molecule has 0 aromatic heterocycles. The minimum atomic E-state index is 0.992. The first-order valence-corrected chi connectivity index (χ1v) is 32.8. The maximum Gasteiger partial charge on any atom is 0.150 e. The van der Waals surface area contributed by atoms with Crippen molar-refractivity contribution in [3.05, 3.63) is 53.1 Å². The number of thioether (sulfide) groups is 6. The lowest BCUT2D eigenvalue weighted by Gasteiger charge is -2.39. The van der Waals surface area contributed by atoms with Gasteiger partial charge in [0, 0.05) is 46.1 Å². The highest BCUT2D eigenvalue weighted by molar-refractivity contribution is 8.03. The summed E-state index contributed by atoms with van der Waals surface area (Å²) < 4.78 is 0. The largest absolute Gasteiger partial charge is 0.261 e. The summed E-state index contributed by atoms with van der Waals surface area (Å²) in [5.74, 6) is 9.85. The average Bonchev–Trinajstić information content (AvgIpc) is 3.33. The Hall–Kier alpha value is -1.43. The molecule has 3 aliphatic rings. The summed E-state index contributed by atoms with van der Waals surface area (Å²) in [4.78, 5) is 27.9. The molecular weight excluding hydrogens is 933 g/mol. The number of rotatable bonds is 36. The molecule has 0 N–H and O–H groups in total. The van der Waals surface area contributed by atoms with Gasteiger partial charge in [-0.25, -0.2) is 15.0 Å². The van der Waals surface area contributed by atoms with Crippen LogP contribution in [0.5, 0.6) is 0 Å². The Bertz CT molecular complexity index is 1850. The summed E-state index contributed by atoms with van der Waals surface area (Å²) in [7, 11) is 0. The molecule has 10 heteroatoms. The number of hydrogen-bond acceptors (Lipinski definition) is 10. The fourth-order valence-corrected chi connectivity index (χ4v) is 15.6. The molecule has 6 rings (SSSR count). The monoisotopic (exact) mass is 1020 g/mol. The number of benzene rings is 3. The van der Waals surface area contributed by atoms with E-state index in [1.54, 1.807) is 0 Å². The van der Waals surface area contributed by atoms with E-state index in [4.69, 9.17) is 15.0 Å². The van der Waals surface area contributed by atoms with Crippen molar-refractivity contribution in [3.8, 4) is 0 Å². The van der Waals surface area contributed by atoms with Crippen LogP contribution in [-0.2, 0) is 0 Å². The second-order valence-corrected chi connectivity index (χ2v) is 25.4. The van der Waals surface area contributed by atoms with Crippen LogP contribution in [0.25, 0.3) is 0 Å². The van der Waals surface area contributed by atoms with Crippen molar-refractivity contribution in [2.45, 2.75) is 225 Å². The standard InChI is InChI=1S/C57H84N4S6/c1-7-13-19-25-31-62-49-37-43-46(40-52(49)65-34-28-22-16-10-4)58-56-45-39-51(64-33-27-21-15-9-3)54(67-36-30-24-18-12-6)42-48(45)60-57-44-38-50(63-32-26-20-14-8-2)53(66-35-29-23-17-11-5)41-47(44)59-55(43)61(56)57/h37-42H,7-36H2,1-6H3. The third kappa shape index (κ3) is 16.3. The number of unbranched alkanes of at least 4 members (excludes halogenated alkanes) is 18. The molecule has 0 radical (unpaired) electrons. The Balaban J connectivity index is 1.49. The predicted molar refractivity (Wildman–Crippen MR) is 309 cm³/mol. The van der Waals surface area contributed by atoms with Gasteiger partial charge in [-0.1, -0.05) is 157 Å². The molecular formula is C57H84N4S6. The van der Waals surface area contributed by atoms with Crippen LogP contribution in [0.15, 0.2) is 80.7 Å². The summed E-state index contributed by atoms with van der Waals surface area (Å²) in [5, 5.41) is 0. The summed E-state index contributed by atoms with van der Waals surface area (Å²) in [6.45, 7) is 13.9. The van der Waals surface area contributed by atoms with Crippen molar-refractivity contribution in [1.82, 2.24) is 4.90 Å². The summed E-state index contributed by atoms with van der Waals surface area (Å²) >= 11 is 12.3. The second kappa shape index (κ2) is 31.1. The van der Waals surface area contributed by atoms with E-state index in [2.05, 4.69) is 82.8 Å². The fourth-order valence-electron chi connectivity index (χ4n) is 8.74. The van der Waals surface area contributed by atoms with Crippen LogP contribution in [0.1, 0.15) is 212 Å². The Kier molecular flexibility index (Phi) is 25.5.